The number of aryl methyl sites for hydroxylation is 3. The maximum atomic E-state index is 13.3. The molecule has 0 heterocycles. The molecule has 0 radical (unpaired) electrons. The number of carbonyl (C=O) groups is 6. The average Bonchev–Trinajstić information content (AvgIpc) is 3.27. The first-order valence-electron chi connectivity index (χ1n) is 19.4. The number of hydrogen-bond donors (Lipinski definition) is 0. The van der Waals surface area contributed by atoms with E-state index in [1.165, 1.54) is 36.4 Å². The van der Waals surface area contributed by atoms with Crippen LogP contribution in [0.2, 0.25) is 0 Å². The molecule has 15 nitrogen and oxygen atoms in total. The van der Waals surface area contributed by atoms with Gasteiger partial charge in [-0.15, -0.1) is 39.5 Å². The van der Waals surface area contributed by atoms with Crippen molar-refractivity contribution < 1.29 is 72.3 Å². The fourth-order valence-electron chi connectivity index (χ4n) is 6.03. The van der Waals surface area contributed by atoms with Gasteiger partial charge in [0.15, 0.2) is 0 Å². The van der Waals surface area contributed by atoms with Crippen LogP contribution in [0.3, 0.4) is 0 Å². The predicted octanol–water partition coefficient (Wildman–Crippen LogP) is 7.84. The summed E-state index contributed by atoms with van der Waals surface area (Å²) >= 11 is 0. The van der Waals surface area contributed by atoms with Gasteiger partial charge in [0.2, 0.25) is 0 Å². The number of ether oxygens (including phenoxy) is 3. The zero-order valence-electron chi connectivity index (χ0n) is 35.2. The molecule has 0 N–H and O–H groups in total. The van der Waals surface area contributed by atoms with Crippen LogP contribution >= 0.6 is 0 Å². The van der Waals surface area contributed by atoms with Crippen LogP contribution in [0.25, 0.3) is 0 Å². The van der Waals surface area contributed by atoms with E-state index in [-0.39, 0.29) is 29.5 Å². The Bertz CT molecular complexity index is 1990. The van der Waals surface area contributed by atoms with Gasteiger partial charge < -0.3 is 14.2 Å². The summed E-state index contributed by atoms with van der Waals surface area (Å²) in [6, 6.07) is 18.9. The predicted molar refractivity (Wildman–Crippen MR) is 239 cm³/mol. The first kappa shape index (κ1) is 50.3. The fourth-order valence-corrected chi connectivity index (χ4v) is 11.4. The molecule has 0 aromatic heterocycles. The molecule has 0 aliphatic carbocycles. The topological polar surface area (TPSA) is 185 Å². The van der Waals surface area contributed by atoms with Gasteiger partial charge >= 0.3 is 36.4 Å². The molecule has 0 spiro atoms. The highest BCUT2D eigenvalue weighted by Gasteiger charge is 2.40. The van der Waals surface area contributed by atoms with Crippen molar-refractivity contribution in [2.45, 2.75) is 50.8 Å². The Morgan fingerprint density at radius 2 is 0.698 bits per heavy atom. The van der Waals surface area contributed by atoms with E-state index in [9.17, 15) is 28.8 Å². The molecule has 0 amide bonds. The minimum atomic E-state index is -2.64. The lowest BCUT2D eigenvalue weighted by Crippen LogP contribution is -2.47. The van der Waals surface area contributed by atoms with Gasteiger partial charge in [-0.1, -0.05) is 87.3 Å². The Hall–Kier alpha value is -7.03. The normalized spacial score (nSPS) is 12.5. The highest BCUT2D eigenvalue weighted by atomic mass is 28.3. The Balaban J connectivity index is 1.98. The maximum absolute atomic E-state index is 13.3. The number of hydrogen-bond acceptors (Lipinski definition) is 15. The SMILES string of the molecule is C=C[SiH](C=C)C(CC(CC(OC(=O)OOC(=O)c1ccc(C)cc1)[SiH](C=C)C=C)C(OC(=O)OOC(=O)c1ccc(C)cc1)[SiH](C=C)C=C)OC(=O)OOC(=O)c1ccc(C)cc1. The Morgan fingerprint density at radius 3 is 0.968 bits per heavy atom. The minimum Gasteiger partial charge on any atom is -0.432 e. The third-order valence-corrected chi connectivity index (χ3v) is 16.8. The van der Waals surface area contributed by atoms with Crippen molar-refractivity contribution in [3.8, 4) is 0 Å². The largest absolute Gasteiger partial charge is 0.549 e. The van der Waals surface area contributed by atoms with Crippen molar-refractivity contribution in [2.75, 3.05) is 0 Å². The molecule has 3 unspecified atom stereocenters. The van der Waals surface area contributed by atoms with Crippen LogP contribution in [0, 0.1) is 26.7 Å². The van der Waals surface area contributed by atoms with Crippen LogP contribution < -0.4 is 0 Å². The molecule has 3 aromatic rings. The van der Waals surface area contributed by atoms with Crippen molar-refractivity contribution in [3.05, 3.63) is 180 Å². The molecule has 63 heavy (non-hydrogen) atoms. The van der Waals surface area contributed by atoms with Gasteiger partial charge in [0.05, 0.1) is 28.1 Å². The van der Waals surface area contributed by atoms with Crippen LogP contribution in [0.5, 0.6) is 0 Å². The molecular formula is C45H50O15Si3. The second-order valence-electron chi connectivity index (χ2n) is 14.0. The van der Waals surface area contributed by atoms with Crippen molar-refractivity contribution in [2.24, 2.45) is 5.92 Å². The number of rotatable bonds is 20. The van der Waals surface area contributed by atoms with E-state index in [0.29, 0.717) is 0 Å². The van der Waals surface area contributed by atoms with Crippen molar-refractivity contribution >= 4 is 62.8 Å². The number of carbonyl (C=O) groups excluding carboxylic acids is 6. The lowest BCUT2D eigenvalue weighted by molar-refractivity contribution is -0.209. The van der Waals surface area contributed by atoms with Crippen molar-refractivity contribution in [3.63, 3.8) is 0 Å². The van der Waals surface area contributed by atoms with Gasteiger partial charge in [-0.3, -0.25) is 0 Å². The quantitative estimate of drug-likeness (QED) is 0.0351. The molecule has 0 aliphatic rings. The van der Waals surface area contributed by atoms with E-state index < -0.39 is 85.9 Å². The van der Waals surface area contributed by atoms with Gasteiger partial charge in [0, 0.05) is 0 Å². The zero-order chi connectivity index (χ0) is 46.5. The minimum absolute atomic E-state index is 0.0924. The van der Waals surface area contributed by atoms with E-state index in [1.54, 1.807) is 70.6 Å². The standard InChI is InChI=1S/C45H50O15Si3/c1-10-61(11-2)37(52-43(49)58-55-39(46)33-22-16-30(7)17-23-33)28-36(42(63(14-5)15-6)54-45(51)60-57-41(48)35-26-20-32(9)21-27-35)29-38(62(12-3)13-4)53-44(50)59-56-40(47)34-24-18-31(8)19-25-34/h10-27,36-38,42,61-63H,1-6,28-29H2,7-9H3. The van der Waals surface area contributed by atoms with E-state index in [1.807, 2.05) is 20.8 Å². The highest BCUT2D eigenvalue weighted by molar-refractivity contribution is 6.72. The summed E-state index contributed by atoms with van der Waals surface area (Å²) in [6.07, 6.45) is -4.52. The highest BCUT2D eigenvalue weighted by Crippen LogP contribution is 2.29. The molecule has 0 bridgehead atoms. The van der Waals surface area contributed by atoms with Crippen molar-refractivity contribution in [1.82, 2.24) is 0 Å². The van der Waals surface area contributed by atoms with Crippen LogP contribution in [0.15, 0.2) is 146 Å². The summed E-state index contributed by atoms with van der Waals surface area (Å²) in [5, 5.41) is 0. The number of benzene rings is 3. The van der Waals surface area contributed by atoms with Crippen LogP contribution in [-0.2, 0) is 43.5 Å². The Morgan fingerprint density at radius 1 is 0.429 bits per heavy atom. The van der Waals surface area contributed by atoms with E-state index in [2.05, 4.69) is 39.5 Å². The fraction of sp³-hybridized carbons (Fsp3) is 0.200. The summed E-state index contributed by atoms with van der Waals surface area (Å²) in [4.78, 5) is 106. The van der Waals surface area contributed by atoms with Gasteiger partial charge in [-0.2, -0.15) is 14.4 Å². The van der Waals surface area contributed by atoms with E-state index in [4.69, 9.17) is 43.5 Å². The van der Waals surface area contributed by atoms with Gasteiger partial charge in [-0.05, 0) is 75.9 Å². The lowest BCUT2D eigenvalue weighted by Gasteiger charge is -2.35. The first-order chi connectivity index (χ1) is 30.2. The monoisotopic (exact) mass is 914 g/mol. The smallest absolute Gasteiger partial charge is 0.432 e. The van der Waals surface area contributed by atoms with Gasteiger partial charge in [-0.25, -0.2) is 43.7 Å². The summed E-state index contributed by atoms with van der Waals surface area (Å²) in [5.74, 6) is -3.86. The average molecular weight is 915 g/mol. The van der Waals surface area contributed by atoms with E-state index in [0.717, 1.165) is 16.7 Å². The molecule has 18 heteroatoms. The molecule has 3 atom stereocenters. The Labute approximate surface area is 370 Å². The van der Waals surface area contributed by atoms with Crippen molar-refractivity contribution in [1.29, 1.82) is 0 Å². The molecule has 3 aromatic carbocycles. The first-order valence-corrected chi connectivity index (χ1v) is 25.4. The third kappa shape index (κ3) is 16.1. The molecule has 0 saturated carbocycles. The second kappa shape index (κ2) is 25.7. The second-order valence-corrected chi connectivity index (χ2v) is 22.4. The summed E-state index contributed by atoms with van der Waals surface area (Å²) in [5.41, 5.74) is 8.92. The molecule has 3 rings (SSSR count). The molecule has 0 aliphatic heterocycles. The van der Waals surface area contributed by atoms with Gasteiger partial charge in [0.1, 0.15) is 32.1 Å². The zero-order valence-corrected chi connectivity index (χ0v) is 38.7. The summed E-state index contributed by atoms with van der Waals surface area (Å²) in [6.45, 7) is 28.8. The van der Waals surface area contributed by atoms with Crippen LogP contribution in [0.4, 0.5) is 14.4 Å². The Kier molecular flexibility index (Phi) is 20.5. The summed E-state index contributed by atoms with van der Waals surface area (Å²) in [7, 11) is -7.70. The molecule has 0 saturated heterocycles. The molecule has 332 valence electrons. The van der Waals surface area contributed by atoms with E-state index >= 15 is 0 Å². The van der Waals surface area contributed by atoms with Crippen LogP contribution in [-0.4, -0.2) is 79.9 Å². The molecule has 0 fully saturated rings. The summed E-state index contributed by atoms with van der Waals surface area (Å²) < 4.78 is 17.4. The molecular weight excluding hydrogens is 865 g/mol. The third-order valence-electron chi connectivity index (χ3n) is 9.55. The van der Waals surface area contributed by atoms with Crippen LogP contribution in [0.1, 0.15) is 60.6 Å². The lowest BCUT2D eigenvalue weighted by atomic mass is 10.0. The van der Waals surface area contributed by atoms with Gasteiger partial charge in [0.25, 0.3) is 0 Å². The maximum Gasteiger partial charge on any atom is 0.549 e.